The Morgan fingerprint density at radius 2 is 2.07 bits per heavy atom. The number of rotatable bonds is 7. The number of amides is 2. The fourth-order valence-electron chi connectivity index (χ4n) is 3.05. The number of hydrogen-bond donors (Lipinski definition) is 1. The highest BCUT2D eigenvalue weighted by molar-refractivity contribution is 6.32. The summed E-state index contributed by atoms with van der Waals surface area (Å²) in [6.45, 7) is 6.33. The molecule has 3 rings (SSSR count). The summed E-state index contributed by atoms with van der Waals surface area (Å²) >= 11 is 6.37. The first-order valence-corrected chi connectivity index (χ1v) is 9.95. The van der Waals surface area contributed by atoms with Crippen molar-refractivity contribution in [1.82, 2.24) is 19.7 Å². The number of nitrogens with zero attached hydrogens (tertiary/aromatic N) is 5. The van der Waals surface area contributed by atoms with E-state index in [2.05, 4.69) is 10.1 Å². The maximum Gasteiger partial charge on any atom is 0.407 e. The van der Waals surface area contributed by atoms with E-state index in [0.717, 1.165) is 23.4 Å². The minimum absolute atomic E-state index is 0.195. The van der Waals surface area contributed by atoms with E-state index in [4.69, 9.17) is 11.6 Å². The molecule has 0 atom stereocenters. The van der Waals surface area contributed by atoms with Crippen LogP contribution in [0.2, 0.25) is 5.15 Å². The third-order valence-electron chi connectivity index (χ3n) is 4.55. The van der Waals surface area contributed by atoms with Crippen molar-refractivity contribution < 1.29 is 14.7 Å². The SMILES string of the molecule is CC(C)(C)CN(CC(=O)N(CC1CC1)c1cn(-c2cccnc2)nc1Cl)C(=O)O. The van der Waals surface area contributed by atoms with Crippen LogP contribution in [0, 0.1) is 11.3 Å². The van der Waals surface area contributed by atoms with E-state index >= 15 is 0 Å². The number of aromatic nitrogens is 3. The van der Waals surface area contributed by atoms with Gasteiger partial charge in [0.2, 0.25) is 5.91 Å². The zero-order valence-electron chi connectivity index (χ0n) is 16.9. The van der Waals surface area contributed by atoms with Gasteiger partial charge in [-0.1, -0.05) is 32.4 Å². The van der Waals surface area contributed by atoms with E-state index in [1.165, 1.54) is 0 Å². The van der Waals surface area contributed by atoms with Crippen molar-refractivity contribution in [3.63, 3.8) is 0 Å². The Morgan fingerprint density at radius 3 is 2.62 bits per heavy atom. The molecule has 2 aromatic heterocycles. The first-order valence-electron chi connectivity index (χ1n) is 9.58. The van der Waals surface area contributed by atoms with E-state index in [1.807, 2.05) is 26.8 Å². The Balaban J connectivity index is 1.85. The largest absolute Gasteiger partial charge is 0.465 e. The predicted molar refractivity (Wildman–Crippen MR) is 110 cm³/mol. The van der Waals surface area contributed by atoms with Gasteiger partial charge in [-0.25, -0.2) is 9.48 Å². The summed E-state index contributed by atoms with van der Waals surface area (Å²) in [7, 11) is 0. The van der Waals surface area contributed by atoms with E-state index in [0.29, 0.717) is 18.2 Å². The van der Waals surface area contributed by atoms with Crippen molar-refractivity contribution in [3.05, 3.63) is 35.9 Å². The first kappa shape index (κ1) is 21.1. The van der Waals surface area contributed by atoms with Gasteiger partial charge >= 0.3 is 6.09 Å². The molecular formula is C20H26ClN5O3. The van der Waals surface area contributed by atoms with Crippen molar-refractivity contribution in [2.24, 2.45) is 11.3 Å². The molecule has 0 spiro atoms. The summed E-state index contributed by atoms with van der Waals surface area (Å²) in [5.41, 5.74) is 0.941. The van der Waals surface area contributed by atoms with Gasteiger partial charge in [-0.05, 0) is 36.3 Å². The van der Waals surface area contributed by atoms with Crippen LogP contribution < -0.4 is 4.90 Å². The standard InChI is InChI=1S/C20H26ClN5O3/c1-20(2,3)13-24(19(28)29)12-17(27)25(10-14-6-7-14)16-11-26(23-18(16)21)15-5-4-8-22-9-15/h4-5,8-9,11,14H,6-7,10,12-13H2,1-3H3,(H,28,29). The lowest BCUT2D eigenvalue weighted by molar-refractivity contribution is -0.119. The lowest BCUT2D eigenvalue weighted by atomic mass is 9.96. The second-order valence-electron chi connectivity index (χ2n) is 8.61. The minimum atomic E-state index is -1.11. The third kappa shape index (κ3) is 5.69. The molecule has 1 saturated carbocycles. The smallest absolute Gasteiger partial charge is 0.407 e. The Kier molecular flexibility index (Phi) is 6.12. The van der Waals surface area contributed by atoms with Crippen LogP contribution in [0.5, 0.6) is 0 Å². The molecule has 8 nitrogen and oxygen atoms in total. The zero-order chi connectivity index (χ0) is 21.2. The van der Waals surface area contributed by atoms with Crippen molar-refractivity contribution in [3.8, 4) is 5.69 Å². The molecule has 0 bridgehead atoms. The molecule has 0 unspecified atom stereocenters. The minimum Gasteiger partial charge on any atom is -0.465 e. The van der Waals surface area contributed by atoms with Gasteiger partial charge in [0.25, 0.3) is 0 Å². The van der Waals surface area contributed by atoms with Gasteiger partial charge in [0.1, 0.15) is 12.2 Å². The van der Waals surface area contributed by atoms with Gasteiger partial charge in [-0.15, -0.1) is 0 Å². The van der Waals surface area contributed by atoms with Crippen LogP contribution in [0.25, 0.3) is 5.69 Å². The predicted octanol–water partition coefficient (Wildman–Crippen LogP) is 3.69. The second kappa shape index (κ2) is 8.41. The lowest BCUT2D eigenvalue weighted by Gasteiger charge is -2.29. The number of hydrogen-bond acceptors (Lipinski definition) is 4. The fourth-order valence-corrected chi connectivity index (χ4v) is 3.28. The van der Waals surface area contributed by atoms with Crippen molar-refractivity contribution in [2.75, 3.05) is 24.5 Å². The normalized spacial score (nSPS) is 13.9. The monoisotopic (exact) mass is 419 g/mol. The number of anilines is 1. The highest BCUT2D eigenvalue weighted by atomic mass is 35.5. The van der Waals surface area contributed by atoms with Crippen LogP contribution in [0.1, 0.15) is 33.6 Å². The molecule has 0 aliphatic heterocycles. The van der Waals surface area contributed by atoms with Gasteiger partial charge in [-0.3, -0.25) is 14.7 Å². The van der Waals surface area contributed by atoms with E-state index in [9.17, 15) is 14.7 Å². The molecule has 0 aromatic carbocycles. The Hall–Kier alpha value is -2.61. The molecule has 156 valence electrons. The first-order chi connectivity index (χ1) is 13.6. The van der Waals surface area contributed by atoms with Crippen LogP contribution in [0.15, 0.2) is 30.7 Å². The molecule has 9 heteroatoms. The molecule has 0 saturated heterocycles. The molecule has 1 fully saturated rings. The maximum absolute atomic E-state index is 13.1. The summed E-state index contributed by atoms with van der Waals surface area (Å²) < 4.78 is 1.57. The Morgan fingerprint density at radius 1 is 1.34 bits per heavy atom. The summed E-state index contributed by atoms with van der Waals surface area (Å²) in [5.74, 6) is 0.0915. The molecule has 1 N–H and O–H groups in total. The van der Waals surface area contributed by atoms with Crippen LogP contribution >= 0.6 is 11.6 Å². The van der Waals surface area contributed by atoms with Crippen LogP contribution in [-0.4, -0.2) is 56.4 Å². The van der Waals surface area contributed by atoms with Crippen LogP contribution in [0.4, 0.5) is 10.5 Å². The lowest BCUT2D eigenvalue weighted by Crippen LogP contribution is -2.46. The van der Waals surface area contributed by atoms with E-state index in [-0.39, 0.29) is 29.6 Å². The molecule has 2 heterocycles. The highest BCUT2D eigenvalue weighted by Crippen LogP contribution is 2.34. The average Bonchev–Trinajstić information content (AvgIpc) is 3.39. The fraction of sp³-hybridized carbons (Fsp3) is 0.500. The number of carbonyl (C=O) groups excluding carboxylic acids is 1. The molecular weight excluding hydrogens is 394 g/mol. The Labute approximate surface area is 175 Å². The summed E-state index contributed by atoms with van der Waals surface area (Å²) in [4.78, 5) is 31.6. The van der Waals surface area contributed by atoms with Crippen LogP contribution in [-0.2, 0) is 4.79 Å². The number of pyridine rings is 1. The summed E-state index contributed by atoms with van der Waals surface area (Å²) in [5, 5.41) is 14.0. The van der Waals surface area contributed by atoms with Crippen molar-refractivity contribution in [1.29, 1.82) is 0 Å². The second-order valence-corrected chi connectivity index (χ2v) is 8.97. The number of carbonyl (C=O) groups is 2. The van der Waals surface area contributed by atoms with Gasteiger partial charge in [-0.2, -0.15) is 5.10 Å². The molecule has 1 aliphatic rings. The van der Waals surface area contributed by atoms with Gasteiger partial charge in [0.15, 0.2) is 5.15 Å². The van der Waals surface area contributed by atoms with Crippen LogP contribution in [0.3, 0.4) is 0 Å². The van der Waals surface area contributed by atoms with Crippen molar-refractivity contribution >= 4 is 29.3 Å². The van der Waals surface area contributed by atoms with E-state index in [1.54, 1.807) is 34.2 Å². The molecule has 2 amide bonds. The molecule has 1 aliphatic carbocycles. The Bertz CT molecular complexity index is 874. The summed E-state index contributed by atoms with van der Waals surface area (Å²) in [6, 6.07) is 3.62. The van der Waals surface area contributed by atoms with Gasteiger partial charge in [0.05, 0.1) is 18.1 Å². The van der Waals surface area contributed by atoms with Gasteiger partial charge in [0, 0.05) is 19.3 Å². The number of carboxylic acid groups (broad SMARTS) is 1. The van der Waals surface area contributed by atoms with Crippen molar-refractivity contribution in [2.45, 2.75) is 33.6 Å². The number of halogens is 1. The van der Waals surface area contributed by atoms with E-state index < -0.39 is 6.09 Å². The molecule has 29 heavy (non-hydrogen) atoms. The quantitative estimate of drug-likeness (QED) is 0.738. The highest BCUT2D eigenvalue weighted by Gasteiger charge is 2.32. The van der Waals surface area contributed by atoms with Gasteiger partial charge < -0.3 is 10.0 Å². The maximum atomic E-state index is 13.1. The molecule has 0 radical (unpaired) electrons. The topological polar surface area (TPSA) is 91.6 Å². The average molecular weight is 420 g/mol. The summed E-state index contributed by atoms with van der Waals surface area (Å²) in [6.07, 6.45) is 5.97. The molecule has 2 aromatic rings. The zero-order valence-corrected chi connectivity index (χ0v) is 17.6. The third-order valence-corrected chi connectivity index (χ3v) is 4.82.